The molecule has 1 heterocycles. The highest BCUT2D eigenvalue weighted by atomic mass is 127. The lowest BCUT2D eigenvalue weighted by Crippen LogP contribution is -2.16. The molecule has 0 spiro atoms. The second kappa shape index (κ2) is 6.18. The first kappa shape index (κ1) is 14.0. The highest BCUT2D eigenvalue weighted by molar-refractivity contribution is 14.1. The average molecular weight is 369 g/mol. The van der Waals surface area contributed by atoms with Crippen LogP contribution < -0.4 is 5.32 Å². The molecule has 4 nitrogen and oxygen atoms in total. The third-order valence-corrected chi connectivity index (χ3v) is 3.74. The van der Waals surface area contributed by atoms with Crippen LogP contribution in [0.15, 0.2) is 30.3 Å². The van der Waals surface area contributed by atoms with Gasteiger partial charge in [0.05, 0.1) is 11.4 Å². The van der Waals surface area contributed by atoms with Crippen molar-refractivity contribution in [1.82, 2.24) is 9.78 Å². The fourth-order valence-corrected chi connectivity index (χ4v) is 2.41. The van der Waals surface area contributed by atoms with Gasteiger partial charge in [-0.2, -0.15) is 5.10 Å². The van der Waals surface area contributed by atoms with E-state index in [0.29, 0.717) is 13.0 Å². The van der Waals surface area contributed by atoms with Gasteiger partial charge in [-0.25, -0.2) is 0 Å². The third-order valence-electron chi connectivity index (χ3n) is 2.80. The van der Waals surface area contributed by atoms with Crippen molar-refractivity contribution in [2.45, 2.75) is 26.8 Å². The van der Waals surface area contributed by atoms with E-state index >= 15 is 0 Å². The quantitative estimate of drug-likeness (QED) is 0.842. The summed E-state index contributed by atoms with van der Waals surface area (Å²) in [5.41, 5.74) is 2.93. The van der Waals surface area contributed by atoms with Crippen molar-refractivity contribution in [1.29, 1.82) is 0 Å². The molecule has 0 bridgehead atoms. The molecule has 0 saturated heterocycles. The topological polar surface area (TPSA) is 46.9 Å². The summed E-state index contributed by atoms with van der Waals surface area (Å²) in [4.78, 5) is 11.9. The van der Waals surface area contributed by atoms with E-state index < -0.39 is 0 Å². The second-order valence-electron chi connectivity index (χ2n) is 4.43. The van der Waals surface area contributed by atoms with Gasteiger partial charge in [-0.05, 0) is 54.6 Å². The number of halogens is 1. The van der Waals surface area contributed by atoms with E-state index in [2.05, 4.69) is 33.0 Å². The number of para-hydroxylation sites is 1. The third kappa shape index (κ3) is 3.79. The Bertz CT molecular complexity index is 592. The van der Waals surface area contributed by atoms with E-state index in [9.17, 15) is 4.79 Å². The molecule has 1 N–H and O–H groups in total. The molecular formula is C14H16IN3O. The summed E-state index contributed by atoms with van der Waals surface area (Å²) in [7, 11) is 0. The number of anilines is 1. The molecule has 0 atom stereocenters. The molecular weight excluding hydrogens is 353 g/mol. The number of nitrogens with one attached hydrogen (secondary N) is 1. The summed E-state index contributed by atoms with van der Waals surface area (Å²) >= 11 is 2.21. The van der Waals surface area contributed by atoms with Crippen LogP contribution in [-0.2, 0) is 11.3 Å². The Hall–Kier alpha value is -1.37. The van der Waals surface area contributed by atoms with Crippen LogP contribution in [0.3, 0.4) is 0 Å². The lowest BCUT2D eigenvalue weighted by molar-refractivity contribution is -0.116. The number of benzene rings is 1. The minimum Gasteiger partial charge on any atom is -0.325 e. The molecule has 0 aliphatic rings. The van der Waals surface area contributed by atoms with E-state index in [0.717, 1.165) is 20.6 Å². The van der Waals surface area contributed by atoms with Crippen molar-refractivity contribution in [2.24, 2.45) is 0 Å². The van der Waals surface area contributed by atoms with Crippen LogP contribution in [0.5, 0.6) is 0 Å². The first-order valence-corrected chi connectivity index (χ1v) is 7.19. The van der Waals surface area contributed by atoms with Crippen LogP contribution in [-0.4, -0.2) is 15.7 Å². The number of carbonyl (C=O) groups excluding carboxylic acids is 1. The summed E-state index contributed by atoms with van der Waals surface area (Å²) in [6, 6.07) is 9.75. The van der Waals surface area contributed by atoms with Crippen molar-refractivity contribution in [2.75, 3.05) is 5.32 Å². The van der Waals surface area contributed by atoms with Gasteiger partial charge in [0.1, 0.15) is 0 Å². The molecule has 0 aliphatic carbocycles. The molecule has 1 aromatic carbocycles. The number of aromatic nitrogens is 2. The van der Waals surface area contributed by atoms with Crippen molar-refractivity contribution >= 4 is 34.2 Å². The Morgan fingerprint density at radius 3 is 2.74 bits per heavy atom. The Morgan fingerprint density at radius 2 is 2.11 bits per heavy atom. The molecule has 2 rings (SSSR count). The standard InChI is InChI=1S/C14H16IN3O/c1-10-9-11(2)18(17-10)8-7-14(19)16-13-6-4-3-5-12(13)15/h3-6,9H,7-8H2,1-2H3,(H,16,19). The zero-order valence-electron chi connectivity index (χ0n) is 11.0. The molecule has 19 heavy (non-hydrogen) atoms. The van der Waals surface area contributed by atoms with Crippen LogP contribution in [0.25, 0.3) is 0 Å². The van der Waals surface area contributed by atoms with E-state index in [4.69, 9.17) is 0 Å². The van der Waals surface area contributed by atoms with Gasteiger partial charge in [-0.3, -0.25) is 9.48 Å². The van der Waals surface area contributed by atoms with Crippen molar-refractivity contribution in [3.63, 3.8) is 0 Å². The number of carbonyl (C=O) groups is 1. The molecule has 100 valence electrons. The fraction of sp³-hybridized carbons (Fsp3) is 0.286. The molecule has 2 aromatic rings. The minimum atomic E-state index is 0.0108. The highest BCUT2D eigenvalue weighted by Gasteiger charge is 2.07. The maximum Gasteiger partial charge on any atom is 0.226 e. The number of nitrogens with zero attached hydrogens (tertiary/aromatic N) is 2. The largest absolute Gasteiger partial charge is 0.325 e. The van der Waals surface area contributed by atoms with Gasteiger partial charge in [0.2, 0.25) is 5.91 Å². The van der Waals surface area contributed by atoms with Crippen LogP contribution >= 0.6 is 22.6 Å². The zero-order chi connectivity index (χ0) is 13.8. The summed E-state index contributed by atoms with van der Waals surface area (Å²) in [5.74, 6) is 0.0108. The summed E-state index contributed by atoms with van der Waals surface area (Å²) in [5, 5.41) is 7.26. The molecule has 0 radical (unpaired) electrons. The fourth-order valence-electron chi connectivity index (χ4n) is 1.88. The van der Waals surface area contributed by atoms with Crippen LogP contribution in [0.4, 0.5) is 5.69 Å². The molecule has 0 unspecified atom stereocenters. The number of rotatable bonds is 4. The van der Waals surface area contributed by atoms with Gasteiger partial charge >= 0.3 is 0 Å². The van der Waals surface area contributed by atoms with E-state index in [1.165, 1.54) is 0 Å². The second-order valence-corrected chi connectivity index (χ2v) is 5.59. The zero-order valence-corrected chi connectivity index (χ0v) is 13.1. The van der Waals surface area contributed by atoms with Gasteiger partial charge in [0.15, 0.2) is 0 Å². The van der Waals surface area contributed by atoms with Crippen LogP contribution in [0.1, 0.15) is 17.8 Å². The lowest BCUT2D eigenvalue weighted by atomic mass is 10.3. The maximum atomic E-state index is 11.9. The summed E-state index contributed by atoms with van der Waals surface area (Å²) in [6.45, 7) is 4.56. The number of hydrogen-bond acceptors (Lipinski definition) is 2. The summed E-state index contributed by atoms with van der Waals surface area (Å²) < 4.78 is 2.91. The monoisotopic (exact) mass is 369 g/mol. The van der Waals surface area contributed by atoms with E-state index in [-0.39, 0.29) is 5.91 Å². The first-order chi connectivity index (χ1) is 9.06. The smallest absolute Gasteiger partial charge is 0.226 e. The Labute approximate surface area is 126 Å². The van der Waals surface area contributed by atoms with Crippen molar-refractivity contribution in [3.8, 4) is 0 Å². The van der Waals surface area contributed by atoms with Crippen molar-refractivity contribution < 1.29 is 4.79 Å². The van der Waals surface area contributed by atoms with Crippen molar-refractivity contribution in [3.05, 3.63) is 45.3 Å². The van der Waals surface area contributed by atoms with Gasteiger partial charge < -0.3 is 5.32 Å². The average Bonchev–Trinajstić information content (AvgIpc) is 2.68. The number of hydrogen-bond donors (Lipinski definition) is 1. The SMILES string of the molecule is Cc1cc(C)n(CCC(=O)Nc2ccccc2I)n1. The minimum absolute atomic E-state index is 0.0108. The first-order valence-electron chi connectivity index (χ1n) is 6.11. The maximum absolute atomic E-state index is 11.9. The van der Waals surface area contributed by atoms with Crippen LogP contribution in [0, 0.1) is 17.4 Å². The Kier molecular flexibility index (Phi) is 4.57. The molecule has 0 fully saturated rings. The molecule has 5 heteroatoms. The van der Waals surface area contributed by atoms with Gasteiger partial charge in [0, 0.05) is 22.2 Å². The highest BCUT2D eigenvalue weighted by Crippen LogP contribution is 2.17. The van der Waals surface area contributed by atoms with Crippen LogP contribution in [0.2, 0.25) is 0 Å². The van der Waals surface area contributed by atoms with Gasteiger partial charge in [-0.15, -0.1) is 0 Å². The van der Waals surface area contributed by atoms with E-state index in [1.54, 1.807) is 0 Å². The summed E-state index contributed by atoms with van der Waals surface area (Å²) in [6.07, 6.45) is 0.424. The van der Waals surface area contributed by atoms with Gasteiger partial charge in [0.25, 0.3) is 0 Å². The predicted molar refractivity (Wildman–Crippen MR) is 84.1 cm³/mol. The molecule has 1 aromatic heterocycles. The molecule has 0 saturated carbocycles. The number of aryl methyl sites for hydroxylation is 3. The Morgan fingerprint density at radius 1 is 1.37 bits per heavy atom. The molecule has 0 aliphatic heterocycles. The Balaban J connectivity index is 1.92. The predicted octanol–water partition coefficient (Wildman–Crippen LogP) is 3.13. The van der Waals surface area contributed by atoms with E-state index in [1.807, 2.05) is 48.9 Å². The lowest BCUT2D eigenvalue weighted by Gasteiger charge is -2.08. The normalized spacial score (nSPS) is 10.5. The molecule has 1 amide bonds. The number of amides is 1. The van der Waals surface area contributed by atoms with Gasteiger partial charge in [-0.1, -0.05) is 12.1 Å².